The van der Waals surface area contributed by atoms with E-state index in [1.54, 1.807) is 38.4 Å². The zero-order valence-corrected chi connectivity index (χ0v) is 16.3. The van der Waals surface area contributed by atoms with Crippen molar-refractivity contribution in [3.05, 3.63) is 94.6 Å². The first-order chi connectivity index (χ1) is 14.0. The Morgan fingerprint density at radius 2 is 1.83 bits per heavy atom. The molecule has 2 aromatic rings. The molecule has 1 amide bonds. The highest BCUT2D eigenvalue weighted by molar-refractivity contribution is 6.01. The number of hydrogen-bond acceptors (Lipinski definition) is 4. The monoisotopic (exact) mass is 389 g/mol. The summed E-state index contributed by atoms with van der Waals surface area (Å²) in [6, 6.07) is 13.3. The number of carboxylic acid groups (broad SMARTS) is 1. The van der Waals surface area contributed by atoms with Gasteiger partial charge in [0.1, 0.15) is 0 Å². The summed E-state index contributed by atoms with van der Waals surface area (Å²) in [5.74, 6) is -2.07. The van der Waals surface area contributed by atoms with Gasteiger partial charge in [-0.05, 0) is 31.0 Å². The van der Waals surface area contributed by atoms with Gasteiger partial charge in [-0.1, -0.05) is 48.6 Å². The Labute approximate surface area is 169 Å². The molecule has 0 saturated carbocycles. The Balaban J connectivity index is 1.85. The molecular weight excluding hydrogens is 366 g/mol. The number of aromatic nitrogens is 1. The predicted molar refractivity (Wildman–Crippen MR) is 112 cm³/mol. The maximum Gasteiger partial charge on any atom is 0.334 e. The molecule has 148 valence electrons. The number of carbonyl (C=O) groups excluding carboxylic acids is 1. The van der Waals surface area contributed by atoms with E-state index >= 15 is 0 Å². The van der Waals surface area contributed by atoms with Gasteiger partial charge in [-0.3, -0.25) is 9.78 Å². The molecule has 0 spiro atoms. The van der Waals surface area contributed by atoms with Crippen LogP contribution in [0.15, 0.2) is 83.5 Å². The van der Waals surface area contributed by atoms with Crippen LogP contribution in [0.3, 0.4) is 0 Å². The number of aliphatic carboxylic acids is 1. The summed E-state index contributed by atoms with van der Waals surface area (Å²) in [7, 11) is 0. The lowest BCUT2D eigenvalue weighted by Gasteiger charge is -2.29. The van der Waals surface area contributed by atoms with Crippen LogP contribution < -0.4 is 10.6 Å². The van der Waals surface area contributed by atoms with Crippen molar-refractivity contribution in [1.29, 1.82) is 0 Å². The van der Waals surface area contributed by atoms with Crippen LogP contribution in [0.1, 0.15) is 30.9 Å². The molecule has 0 bridgehead atoms. The molecule has 3 rings (SSSR count). The number of rotatable bonds is 6. The van der Waals surface area contributed by atoms with Gasteiger partial charge in [0.05, 0.1) is 11.5 Å². The molecule has 0 aliphatic carbocycles. The zero-order chi connectivity index (χ0) is 20.8. The number of nitrogens with one attached hydrogen (secondary N) is 2. The molecule has 1 aliphatic rings. The SMILES string of the molecule is CC1=C(C(=O)O)C(c2cccnc2)C(C(=O)NCC=Cc2ccccc2)=C(C)N1. The quantitative estimate of drug-likeness (QED) is 0.706. The maximum absolute atomic E-state index is 13.0. The highest BCUT2D eigenvalue weighted by atomic mass is 16.4. The smallest absolute Gasteiger partial charge is 0.334 e. The second-order valence-corrected chi connectivity index (χ2v) is 6.75. The largest absolute Gasteiger partial charge is 0.478 e. The number of amides is 1. The van der Waals surface area contributed by atoms with E-state index < -0.39 is 11.9 Å². The normalized spacial score (nSPS) is 16.7. The van der Waals surface area contributed by atoms with Crippen molar-refractivity contribution in [1.82, 2.24) is 15.6 Å². The first kappa shape index (κ1) is 20.1. The van der Waals surface area contributed by atoms with E-state index in [-0.39, 0.29) is 11.5 Å². The lowest BCUT2D eigenvalue weighted by atomic mass is 9.80. The van der Waals surface area contributed by atoms with Gasteiger partial charge in [0, 0.05) is 35.9 Å². The number of dihydropyridines is 1. The van der Waals surface area contributed by atoms with E-state index in [9.17, 15) is 14.7 Å². The molecular formula is C23H23N3O3. The summed E-state index contributed by atoms with van der Waals surface area (Å²) in [5, 5.41) is 15.7. The summed E-state index contributed by atoms with van der Waals surface area (Å²) in [4.78, 5) is 29.1. The minimum Gasteiger partial charge on any atom is -0.478 e. The first-order valence-electron chi connectivity index (χ1n) is 9.30. The third-order valence-corrected chi connectivity index (χ3v) is 4.74. The number of allylic oxidation sites excluding steroid dienone is 2. The highest BCUT2D eigenvalue weighted by Crippen LogP contribution is 2.37. The third-order valence-electron chi connectivity index (χ3n) is 4.74. The van der Waals surface area contributed by atoms with Gasteiger partial charge in [-0.15, -0.1) is 0 Å². The van der Waals surface area contributed by atoms with Gasteiger partial charge < -0.3 is 15.7 Å². The standard InChI is InChI=1S/C23H23N3O3/c1-15-19(22(27)25-13-6-10-17-8-4-3-5-9-17)21(18-11-7-12-24-14-18)20(23(28)29)16(2)26-15/h3-12,14,21,26H,13H2,1-2H3,(H,25,27)(H,28,29). The van der Waals surface area contributed by atoms with Crippen LogP contribution >= 0.6 is 0 Å². The van der Waals surface area contributed by atoms with Crippen molar-refractivity contribution >= 4 is 18.0 Å². The fourth-order valence-electron chi connectivity index (χ4n) is 3.46. The van der Waals surface area contributed by atoms with Crippen LogP contribution in [0.4, 0.5) is 0 Å². The van der Waals surface area contributed by atoms with Crippen LogP contribution in [0, 0.1) is 0 Å². The van der Waals surface area contributed by atoms with Gasteiger partial charge in [0.15, 0.2) is 0 Å². The molecule has 0 fully saturated rings. The number of hydrogen-bond donors (Lipinski definition) is 3. The van der Waals surface area contributed by atoms with Crippen LogP contribution in [-0.2, 0) is 9.59 Å². The topological polar surface area (TPSA) is 91.3 Å². The predicted octanol–water partition coefficient (Wildman–Crippen LogP) is 3.23. The molecule has 3 N–H and O–H groups in total. The summed E-state index contributed by atoms with van der Waals surface area (Å²) in [6.45, 7) is 3.81. The van der Waals surface area contributed by atoms with Crippen molar-refractivity contribution in [2.45, 2.75) is 19.8 Å². The molecule has 6 heteroatoms. The van der Waals surface area contributed by atoms with Gasteiger partial charge in [-0.2, -0.15) is 0 Å². The second kappa shape index (κ2) is 9.01. The van der Waals surface area contributed by atoms with Crippen molar-refractivity contribution in [2.75, 3.05) is 6.54 Å². The summed E-state index contributed by atoms with van der Waals surface area (Å²) < 4.78 is 0. The van der Waals surface area contributed by atoms with E-state index in [0.29, 0.717) is 29.1 Å². The Bertz CT molecular complexity index is 993. The Hall–Kier alpha value is -3.67. The second-order valence-electron chi connectivity index (χ2n) is 6.75. The molecule has 1 aromatic carbocycles. The molecule has 1 unspecified atom stereocenters. The first-order valence-corrected chi connectivity index (χ1v) is 9.30. The van der Waals surface area contributed by atoms with Gasteiger partial charge >= 0.3 is 5.97 Å². The van der Waals surface area contributed by atoms with E-state index in [4.69, 9.17) is 0 Å². The summed E-state index contributed by atoms with van der Waals surface area (Å²) >= 11 is 0. The van der Waals surface area contributed by atoms with Crippen LogP contribution in [-0.4, -0.2) is 28.5 Å². The average Bonchev–Trinajstić information content (AvgIpc) is 2.71. The maximum atomic E-state index is 13.0. The Morgan fingerprint density at radius 1 is 1.10 bits per heavy atom. The summed E-state index contributed by atoms with van der Waals surface area (Å²) in [6.07, 6.45) is 7.00. The van der Waals surface area contributed by atoms with Gasteiger partial charge in [-0.25, -0.2) is 4.79 Å². The molecule has 0 saturated heterocycles. The number of carboxylic acids is 1. The Morgan fingerprint density at radius 3 is 2.48 bits per heavy atom. The van der Waals surface area contributed by atoms with Gasteiger partial charge in [0.25, 0.3) is 0 Å². The average molecular weight is 389 g/mol. The minimum absolute atomic E-state index is 0.147. The van der Waals surface area contributed by atoms with Crippen molar-refractivity contribution in [3.63, 3.8) is 0 Å². The number of pyridine rings is 1. The minimum atomic E-state index is -1.06. The Kier molecular flexibility index (Phi) is 6.24. The number of benzene rings is 1. The number of carbonyl (C=O) groups is 2. The molecule has 2 heterocycles. The van der Waals surface area contributed by atoms with Crippen LogP contribution in [0.5, 0.6) is 0 Å². The number of nitrogens with zero attached hydrogens (tertiary/aromatic N) is 1. The van der Waals surface area contributed by atoms with E-state index in [0.717, 1.165) is 5.56 Å². The highest BCUT2D eigenvalue weighted by Gasteiger charge is 2.36. The van der Waals surface area contributed by atoms with Crippen molar-refractivity contribution in [3.8, 4) is 0 Å². The molecule has 1 aromatic heterocycles. The fourth-order valence-corrected chi connectivity index (χ4v) is 3.46. The zero-order valence-electron chi connectivity index (χ0n) is 16.3. The summed E-state index contributed by atoms with van der Waals surface area (Å²) in [5.41, 5.74) is 3.38. The molecule has 6 nitrogen and oxygen atoms in total. The van der Waals surface area contributed by atoms with Crippen LogP contribution in [0.2, 0.25) is 0 Å². The lowest BCUT2D eigenvalue weighted by molar-refractivity contribution is -0.133. The van der Waals surface area contributed by atoms with Crippen molar-refractivity contribution in [2.24, 2.45) is 0 Å². The van der Waals surface area contributed by atoms with Crippen molar-refractivity contribution < 1.29 is 14.7 Å². The van der Waals surface area contributed by atoms with E-state index in [1.807, 2.05) is 42.5 Å². The van der Waals surface area contributed by atoms with Gasteiger partial charge in [0.2, 0.25) is 5.91 Å². The molecule has 0 radical (unpaired) electrons. The molecule has 29 heavy (non-hydrogen) atoms. The third kappa shape index (κ3) is 4.60. The molecule has 1 atom stereocenters. The molecule has 1 aliphatic heterocycles. The fraction of sp³-hybridized carbons (Fsp3) is 0.174. The lowest BCUT2D eigenvalue weighted by Crippen LogP contribution is -2.36. The van der Waals surface area contributed by atoms with Crippen LogP contribution in [0.25, 0.3) is 6.08 Å². The van der Waals surface area contributed by atoms with E-state index in [2.05, 4.69) is 15.6 Å². The van der Waals surface area contributed by atoms with E-state index in [1.165, 1.54) is 0 Å².